The fraction of sp³-hybridized carbons (Fsp3) is 0.400. The summed E-state index contributed by atoms with van der Waals surface area (Å²) < 4.78 is 18.4. The van der Waals surface area contributed by atoms with Crippen molar-refractivity contribution in [2.75, 3.05) is 19.7 Å². The highest BCUT2D eigenvalue weighted by atomic mass is 35.5. The largest absolute Gasteiger partial charge is 0.452 e. The third-order valence-electron chi connectivity index (χ3n) is 3.65. The highest BCUT2D eigenvalue weighted by Crippen LogP contribution is 2.17. The van der Waals surface area contributed by atoms with Crippen molar-refractivity contribution in [2.24, 2.45) is 11.7 Å². The summed E-state index contributed by atoms with van der Waals surface area (Å²) >= 11 is 5.70. The SMILES string of the molecule is NC(=O)C1CCCN(C(=O)COC(=O)c2cc(Cl)ccc2F)C1. The van der Waals surface area contributed by atoms with E-state index >= 15 is 0 Å². The molecule has 2 amide bonds. The number of hydrogen-bond donors (Lipinski definition) is 1. The average molecular weight is 343 g/mol. The van der Waals surface area contributed by atoms with Gasteiger partial charge in [-0.05, 0) is 31.0 Å². The lowest BCUT2D eigenvalue weighted by atomic mass is 9.97. The van der Waals surface area contributed by atoms with Crippen LogP contribution in [0.15, 0.2) is 18.2 Å². The van der Waals surface area contributed by atoms with E-state index < -0.39 is 36.1 Å². The molecule has 0 aromatic heterocycles. The monoisotopic (exact) mass is 342 g/mol. The zero-order valence-corrected chi connectivity index (χ0v) is 13.0. The summed E-state index contributed by atoms with van der Waals surface area (Å²) in [5, 5.41) is 0.185. The normalized spacial score (nSPS) is 17.7. The second-order valence-electron chi connectivity index (χ2n) is 5.28. The second-order valence-corrected chi connectivity index (χ2v) is 5.72. The van der Waals surface area contributed by atoms with Gasteiger partial charge in [0, 0.05) is 18.1 Å². The molecule has 0 aliphatic carbocycles. The Bertz CT molecular complexity index is 638. The van der Waals surface area contributed by atoms with Crippen LogP contribution in [0.2, 0.25) is 5.02 Å². The van der Waals surface area contributed by atoms with Gasteiger partial charge in [0.15, 0.2) is 6.61 Å². The van der Waals surface area contributed by atoms with E-state index in [1.165, 1.54) is 11.0 Å². The number of ether oxygens (including phenoxy) is 1. The highest BCUT2D eigenvalue weighted by molar-refractivity contribution is 6.30. The quantitative estimate of drug-likeness (QED) is 0.837. The van der Waals surface area contributed by atoms with Crippen LogP contribution in [0.3, 0.4) is 0 Å². The summed E-state index contributed by atoms with van der Waals surface area (Å²) in [4.78, 5) is 36.4. The van der Waals surface area contributed by atoms with Crippen molar-refractivity contribution >= 4 is 29.4 Å². The van der Waals surface area contributed by atoms with Crippen molar-refractivity contribution in [3.63, 3.8) is 0 Å². The van der Waals surface area contributed by atoms with Crippen LogP contribution < -0.4 is 5.73 Å². The van der Waals surface area contributed by atoms with Gasteiger partial charge in [0.2, 0.25) is 5.91 Å². The molecule has 1 unspecified atom stereocenters. The Balaban J connectivity index is 1.92. The molecule has 0 radical (unpaired) electrons. The van der Waals surface area contributed by atoms with E-state index in [1.807, 2.05) is 0 Å². The first-order chi connectivity index (χ1) is 10.9. The average Bonchev–Trinajstić information content (AvgIpc) is 2.54. The molecule has 1 aliphatic rings. The van der Waals surface area contributed by atoms with E-state index in [0.717, 1.165) is 12.1 Å². The topological polar surface area (TPSA) is 89.7 Å². The van der Waals surface area contributed by atoms with Gasteiger partial charge in [0.05, 0.1) is 11.5 Å². The first-order valence-corrected chi connectivity index (χ1v) is 7.45. The van der Waals surface area contributed by atoms with E-state index in [9.17, 15) is 18.8 Å². The minimum atomic E-state index is -0.971. The maximum absolute atomic E-state index is 13.5. The molecule has 0 saturated carbocycles. The number of likely N-dealkylation sites (tertiary alicyclic amines) is 1. The van der Waals surface area contributed by atoms with Crippen LogP contribution in [0, 0.1) is 11.7 Å². The molecule has 2 N–H and O–H groups in total. The van der Waals surface area contributed by atoms with Gasteiger partial charge >= 0.3 is 5.97 Å². The lowest BCUT2D eigenvalue weighted by Gasteiger charge is -2.31. The summed E-state index contributed by atoms with van der Waals surface area (Å²) in [6, 6.07) is 3.48. The van der Waals surface area contributed by atoms with Gasteiger partial charge in [0.1, 0.15) is 5.82 Å². The smallest absolute Gasteiger partial charge is 0.341 e. The standard InChI is InChI=1S/C15H16ClFN2O4/c16-10-3-4-12(17)11(6-10)15(22)23-8-13(20)19-5-1-2-9(7-19)14(18)21/h3-4,6,9H,1-2,5,7-8H2,(H2,18,21). The Labute approximate surface area is 137 Å². The molecule has 0 bridgehead atoms. The molecule has 124 valence electrons. The van der Waals surface area contributed by atoms with Gasteiger partial charge in [-0.25, -0.2) is 9.18 Å². The van der Waals surface area contributed by atoms with Crippen LogP contribution in [0.4, 0.5) is 4.39 Å². The third kappa shape index (κ3) is 4.41. The van der Waals surface area contributed by atoms with Crippen molar-refractivity contribution < 1.29 is 23.5 Å². The summed E-state index contributed by atoms with van der Waals surface area (Å²) in [5.41, 5.74) is 4.91. The summed E-state index contributed by atoms with van der Waals surface area (Å²) in [6.07, 6.45) is 1.28. The number of rotatable bonds is 4. The molecule has 8 heteroatoms. The van der Waals surface area contributed by atoms with Crippen LogP contribution in [-0.4, -0.2) is 42.4 Å². The number of halogens is 2. The first-order valence-electron chi connectivity index (χ1n) is 7.07. The van der Waals surface area contributed by atoms with Crippen LogP contribution in [0.25, 0.3) is 0 Å². The van der Waals surface area contributed by atoms with Crippen LogP contribution in [0.1, 0.15) is 23.2 Å². The Kier molecular flexibility index (Phi) is 5.54. The fourth-order valence-corrected chi connectivity index (χ4v) is 2.56. The second kappa shape index (κ2) is 7.41. The Hall–Kier alpha value is -2.15. The molecule has 0 spiro atoms. The molecule has 1 heterocycles. The van der Waals surface area contributed by atoms with Crippen LogP contribution >= 0.6 is 11.6 Å². The maximum Gasteiger partial charge on any atom is 0.341 e. The van der Waals surface area contributed by atoms with Gasteiger partial charge in [-0.3, -0.25) is 9.59 Å². The first kappa shape index (κ1) is 17.2. The van der Waals surface area contributed by atoms with E-state index in [4.69, 9.17) is 22.1 Å². The number of carbonyl (C=O) groups excluding carboxylic acids is 3. The summed E-state index contributed by atoms with van der Waals surface area (Å²) in [6.45, 7) is 0.138. The lowest BCUT2D eigenvalue weighted by molar-refractivity contribution is -0.137. The van der Waals surface area contributed by atoms with Gasteiger partial charge in [0.25, 0.3) is 5.91 Å². The number of hydrogen-bond acceptors (Lipinski definition) is 4. The maximum atomic E-state index is 13.5. The molecule has 23 heavy (non-hydrogen) atoms. The van der Waals surface area contributed by atoms with Gasteiger partial charge < -0.3 is 15.4 Å². The minimum Gasteiger partial charge on any atom is -0.452 e. The van der Waals surface area contributed by atoms with E-state index in [1.54, 1.807) is 0 Å². The van der Waals surface area contributed by atoms with Gasteiger partial charge in [-0.1, -0.05) is 11.6 Å². The van der Waals surface area contributed by atoms with E-state index in [-0.39, 0.29) is 17.1 Å². The summed E-state index contributed by atoms with van der Waals surface area (Å²) in [7, 11) is 0. The lowest BCUT2D eigenvalue weighted by Crippen LogP contribution is -2.45. The molecule has 1 atom stereocenters. The van der Waals surface area contributed by atoms with Crippen molar-refractivity contribution in [1.29, 1.82) is 0 Å². The summed E-state index contributed by atoms with van der Waals surface area (Å²) in [5.74, 6) is -3.05. The Morgan fingerprint density at radius 1 is 1.39 bits per heavy atom. The molecular formula is C15H16ClFN2O4. The molecule has 1 saturated heterocycles. The van der Waals surface area contributed by atoms with Crippen molar-refractivity contribution in [3.8, 4) is 0 Å². The number of amides is 2. The number of piperidine rings is 1. The molecule has 2 rings (SSSR count). The Morgan fingerprint density at radius 3 is 2.83 bits per heavy atom. The van der Waals surface area contributed by atoms with Gasteiger partial charge in [-0.15, -0.1) is 0 Å². The number of nitrogens with zero attached hydrogens (tertiary/aromatic N) is 1. The van der Waals surface area contributed by atoms with Crippen molar-refractivity contribution in [1.82, 2.24) is 4.90 Å². The predicted octanol–water partition coefficient (Wildman–Crippen LogP) is 1.36. The number of esters is 1. The van der Waals surface area contributed by atoms with E-state index in [2.05, 4.69) is 0 Å². The molecule has 1 fully saturated rings. The number of nitrogens with two attached hydrogens (primary N) is 1. The number of carbonyl (C=O) groups is 3. The van der Waals surface area contributed by atoms with Crippen LogP contribution in [0.5, 0.6) is 0 Å². The number of primary amides is 1. The molecule has 1 aromatic rings. The molecule has 1 aliphatic heterocycles. The third-order valence-corrected chi connectivity index (χ3v) is 3.89. The van der Waals surface area contributed by atoms with E-state index in [0.29, 0.717) is 19.4 Å². The van der Waals surface area contributed by atoms with Crippen LogP contribution in [-0.2, 0) is 14.3 Å². The Morgan fingerprint density at radius 2 is 2.13 bits per heavy atom. The molecule has 6 nitrogen and oxygen atoms in total. The zero-order chi connectivity index (χ0) is 17.0. The fourth-order valence-electron chi connectivity index (χ4n) is 2.39. The number of benzene rings is 1. The van der Waals surface area contributed by atoms with Crippen molar-refractivity contribution in [2.45, 2.75) is 12.8 Å². The van der Waals surface area contributed by atoms with Gasteiger partial charge in [-0.2, -0.15) is 0 Å². The highest BCUT2D eigenvalue weighted by Gasteiger charge is 2.27. The zero-order valence-electron chi connectivity index (χ0n) is 12.3. The molecular weight excluding hydrogens is 327 g/mol. The minimum absolute atomic E-state index is 0.185. The van der Waals surface area contributed by atoms with Crippen molar-refractivity contribution in [3.05, 3.63) is 34.6 Å². The molecule has 1 aromatic carbocycles. The predicted molar refractivity (Wildman–Crippen MR) is 80.2 cm³/mol.